The first-order valence-electron chi connectivity index (χ1n) is 6.47. The summed E-state index contributed by atoms with van der Waals surface area (Å²) in [4.78, 5) is 0. The van der Waals surface area contributed by atoms with E-state index in [2.05, 4.69) is 40.8 Å². The summed E-state index contributed by atoms with van der Waals surface area (Å²) in [6.07, 6.45) is 0.938. The summed E-state index contributed by atoms with van der Waals surface area (Å²) in [5.74, 6) is 0. The van der Waals surface area contributed by atoms with Crippen LogP contribution in [0.4, 0.5) is 0 Å². The summed E-state index contributed by atoms with van der Waals surface area (Å²) in [5.41, 5.74) is -0.378. The highest BCUT2D eigenvalue weighted by atomic mass is 28.3. The second kappa shape index (κ2) is 4.95. The largest absolute Gasteiger partial charge is 0.415 e. The minimum atomic E-state index is -2.31. The van der Waals surface area contributed by atoms with Gasteiger partial charge >= 0.3 is 0 Å². The third-order valence-corrected chi connectivity index (χ3v) is 7.68. The van der Waals surface area contributed by atoms with Crippen molar-refractivity contribution in [3.8, 4) is 0 Å². The van der Waals surface area contributed by atoms with Gasteiger partial charge < -0.3 is 4.43 Å². The van der Waals surface area contributed by atoms with E-state index in [-0.39, 0.29) is 10.6 Å². The second-order valence-electron chi connectivity index (χ2n) is 5.21. The SMILES string of the molecule is [2H][Si](C)(C)OC(C)(C)C(C)(CC)[Si]([2H])(C)C. The molecule has 0 bridgehead atoms. The minimum Gasteiger partial charge on any atom is -0.415 e. The topological polar surface area (TPSA) is 9.23 Å². The van der Waals surface area contributed by atoms with Gasteiger partial charge in [-0.15, -0.1) is 0 Å². The van der Waals surface area contributed by atoms with Crippen LogP contribution in [0.1, 0.15) is 34.1 Å². The van der Waals surface area contributed by atoms with Crippen LogP contribution in [-0.2, 0) is 4.43 Å². The van der Waals surface area contributed by atoms with Crippen molar-refractivity contribution in [2.24, 2.45) is 0 Å². The molecule has 0 aliphatic heterocycles. The highest BCUT2D eigenvalue weighted by Crippen LogP contribution is 2.47. The Hall–Kier alpha value is 0.394. The van der Waals surface area contributed by atoms with Crippen LogP contribution in [0.2, 0.25) is 31.2 Å². The van der Waals surface area contributed by atoms with Crippen molar-refractivity contribution in [3.05, 3.63) is 0 Å². The van der Waals surface area contributed by atoms with Crippen LogP contribution in [-0.4, -0.2) is 25.8 Å². The Labute approximate surface area is 96.0 Å². The maximum absolute atomic E-state index is 8.46. The molecule has 0 aliphatic rings. The maximum Gasteiger partial charge on any atom is 0.171 e. The summed E-state index contributed by atoms with van der Waals surface area (Å²) in [7, 11) is -4.39. The molecule has 0 saturated heterocycles. The van der Waals surface area contributed by atoms with Gasteiger partial charge in [0.15, 0.2) is 8.97 Å². The highest BCUT2D eigenvalue weighted by Gasteiger charge is 2.43. The molecule has 0 fully saturated rings. The lowest BCUT2D eigenvalue weighted by atomic mass is 9.89. The monoisotopic (exact) mass is 234 g/mol. The van der Waals surface area contributed by atoms with Gasteiger partial charge in [-0.25, -0.2) is 0 Å². The van der Waals surface area contributed by atoms with Gasteiger partial charge in [-0.05, 0) is 32.0 Å². The van der Waals surface area contributed by atoms with Crippen LogP contribution in [0.15, 0.2) is 0 Å². The lowest BCUT2D eigenvalue weighted by Gasteiger charge is -2.47. The predicted molar refractivity (Wildman–Crippen MR) is 71.6 cm³/mol. The van der Waals surface area contributed by atoms with E-state index in [9.17, 15) is 0 Å². The van der Waals surface area contributed by atoms with Gasteiger partial charge in [0.05, 0.1) is 5.60 Å². The fourth-order valence-electron chi connectivity index (χ4n) is 2.00. The Morgan fingerprint density at radius 2 is 1.57 bits per heavy atom. The highest BCUT2D eigenvalue weighted by molar-refractivity contribution is 6.60. The zero-order chi connectivity index (χ0) is 13.4. The molecule has 3 heteroatoms. The Bertz CT molecular complexity index is 243. The second-order valence-corrected chi connectivity index (χ2v) is 10.3. The molecule has 0 aromatic carbocycles. The number of hydrogen-bond acceptors (Lipinski definition) is 1. The quantitative estimate of drug-likeness (QED) is 0.662. The van der Waals surface area contributed by atoms with Crippen LogP contribution in [0, 0.1) is 0 Å². The molecule has 86 valence electrons. The summed E-state index contributed by atoms with van der Waals surface area (Å²) >= 11 is 0. The molecule has 14 heavy (non-hydrogen) atoms. The van der Waals surface area contributed by atoms with Gasteiger partial charge in [0.2, 0.25) is 0 Å². The van der Waals surface area contributed by atoms with E-state index < -0.39 is 17.7 Å². The van der Waals surface area contributed by atoms with Crippen molar-refractivity contribution < 1.29 is 4.43 Å². The fraction of sp³-hybridized carbons (Fsp3) is 1.00. The average molecular weight is 235 g/mol. The van der Waals surface area contributed by atoms with Gasteiger partial charge in [-0.3, -0.25) is 0 Å². The normalized spacial score (nSPS) is 21.1. The van der Waals surface area contributed by atoms with Crippen LogP contribution < -0.4 is 0 Å². The van der Waals surface area contributed by atoms with Gasteiger partial charge in [0, 0.05) is 11.2 Å². The fourth-order valence-corrected chi connectivity index (χ4v) is 5.31. The van der Waals surface area contributed by atoms with E-state index in [1.807, 2.05) is 13.1 Å². The van der Waals surface area contributed by atoms with E-state index in [1.54, 1.807) is 0 Å². The van der Waals surface area contributed by atoms with Crippen molar-refractivity contribution in [1.29, 1.82) is 2.47 Å². The standard InChI is InChI=1S/C11H28OSi2/c1-9-11(4,13(5)6)10(2,3)12-14(7)8/h13-14H,9H2,1-8H3/i13D,14D. The van der Waals surface area contributed by atoms with E-state index in [1.165, 1.54) is 0 Å². The molecule has 0 aliphatic carbocycles. The summed E-state index contributed by atoms with van der Waals surface area (Å²) in [6, 6.07) is 0. The maximum atomic E-state index is 8.46. The lowest BCUT2D eigenvalue weighted by molar-refractivity contribution is 0.0564. The van der Waals surface area contributed by atoms with E-state index in [0.717, 1.165) is 6.42 Å². The first-order valence-corrected chi connectivity index (χ1v) is 10.4. The average Bonchev–Trinajstić information content (AvgIpc) is 1.95. The molecule has 0 rings (SSSR count). The molecule has 1 unspecified atom stereocenters. The smallest absolute Gasteiger partial charge is 0.171 e. The van der Waals surface area contributed by atoms with Crippen LogP contribution in [0.25, 0.3) is 0 Å². The number of hydrogen-bond donors (Lipinski definition) is 0. The molecular weight excluding hydrogens is 204 g/mol. The summed E-state index contributed by atoms with van der Waals surface area (Å²) in [6.45, 7) is 16.3. The Morgan fingerprint density at radius 3 is 1.79 bits per heavy atom. The molecule has 0 amide bonds. The first kappa shape index (κ1) is 10.9. The minimum absolute atomic E-state index is 0.120. The van der Waals surface area contributed by atoms with Crippen LogP contribution in [0.3, 0.4) is 0 Å². The van der Waals surface area contributed by atoms with E-state index in [4.69, 9.17) is 6.90 Å². The van der Waals surface area contributed by atoms with E-state index >= 15 is 0 Å². The van der Waals surface area contributed by atoms with Crippen molar-refractivity contribution in [2.75, 3.05) is 0 Å². The molecule has 0 radical (unpaired) electrons. The zero-order valence-corrected chi connectivity index (χ0v) is 13.1. The molecule has 0 spiro atoms. The summed E-state index contributed by atoms with van der Waals surface area (Å²) in [5, 5.41) is -0.120. The molecule has 1 atom stereocenters. The molecule has 0 saturated carbocycles. The summed E-state index contributed by atoms with van der Waals surface area (Å²) < 4.78 is 22.5. The molecule has 0 heterocycles. The van der Waals surface area contributed by atoms with Crippen molar-refractivity contribution in [2.45, 2.75) is 70.9 Å². The number of rotatable bonds is 5. The molecular formula is C11H28OSi2. The molecule has 0 aromatic rings. The Kier molecular flexibility index (Phi) is 3.85. The predicted octanol–water partition coefficient (Wildman–Crippen LogP) is 3.42. The van der Waals surface area contributed by atoms with Crippen LogP contribution >= 0.6 is 0 Å². The van der Waals surface area contributed by atoms with Gasteiger partial charge in [0.1, 0.15) is 0 Å². The van der Waals surface area contributed by atoms with Crippen molar-refractivity contribution >= 4 is 17.7 Å². The van der Waals surface area contributed by atoms with Gasteiger partial charge in [-0.2, -0.15) is 0 Å². The van der Waals surface area contributed by atoms with Gasteiger partial charge in [0.25, 0.3) is 0 Å². The lowest BCUT2D eigenvalue weighted by Crippen LogP contribution is -2.47. The molecule has 0 aromatic heterocycles. The molecule has 0 N–H and O–H groups in total. The Morgan fingerprint density at radius 1 is 1.14 bits per heavy atom. The first-order chi connectivity index (χ1) is 6.77. The van der Waals surface area contributed by atoms with Crippen LogP contribution in [0.5, 0.6) is 0 Å². The van der Waals surface area contributed by atoms with Gasteiger partial charge in [-0.1, -0.05) is 33.4 Å². The zero-order valence-electron chi connectivity index (χ0n) is 13.1. The third kappa shape index (κ3) is 2.94. The van der Waals surface area contributed by atoms with Crippen molar-refractivity contribution in [1.82, 2.24) is 0 Å². The Balaban J connectivity index is 5.24. The van der Waals surface area contributed by atoms with E-state index in [0.29, 0.717) is 0 Å². The van der Waals surface area contributed by atoms with Crippen molar-refractivity contribution in [3.63, 3.8) is 0 Å². The molecule has 1 nitrogen and oxygen atoms in total. The third-order valence-electron chi connectivity index (χ3n) is 3.60.